The molecule has 1 amide bonds. The Morgan fingerprint density at radius 3 is 2.62 bits per heavy atom. The van der Waals surface area contributed by atoms with Gasteiger partial charge in [0.25, 0.3) is 5.91 Å². The van der Waals surface area contributed by atoms with Gasteiger partial charge in [0.05, 0.1) is 0 Å². The fourth-order valence-corrected chi connectivity index (χ4v) is 2.66. The number of halogens is 2. The SMILES string of the molecule is Cc1nc(NCCc2ccc(Cl)cc2Cl)cc(C(=O)NC(C)C)n1. The molecule has 0 fully saturated rings. The van der Waals surface area contributed by atoms with Crippen LogP contribution in [0.25, 0.3) is 0 Å². The summed E-state index contributed by atoms with van der Waals surface area (Å²) in [4.78, 5) is 20.6. The molecule has 0 aliphatic heterocycles. The number of hydrogen-bond acceptors (Lipinski definition) is 4. The normalized spacial score (nSPS) is 10.8. The van der Waals surface area contributed by atoms with E-state index in [0.29, 0.717) is 40.3 Å². The summed E-state index contributed by atoms with van der Waals surface area (Å²) in [6.07, 6.45) is 0.715. The standard InChI is InChI=1S/C17H20Cl2N4O/c1-10(2)21-17(24)15-9-16(23-11(3)22-15)20-7-6-12-4-5-13(18)8-14(12)19/h4-5,8-10H,6-7H2,1-3H3,(H,21,24)(H,20,22,23). The van der Waals surface area contributed by atoms with Gasteiger partial charge in [0.1, 0.15) is 17.3 Å². The number of aryl methyl sites for hydroxylation is 1. The molecule has 2 rings (SSSR count). The van der Waals surface area contributed by atoms with Crippen LogP contribution in [0.15, 0.2) is 24.3 Å². The third-order valence-electron chi connectivity index (χ3n) is 3.21. The minimum atomic E-state index is -0.209. The maximum atomic E-state index is 12.1. The fraction of sp³-hybridized carbons (Fsp3) is 0.353. The average molecular weight is 367 g/mol. The molecule has 0 unspecified atom stereocenters. The second-order valence-electron chi connectivity index (χ2n) is 5.73. The molecule has 0 saturated heterocycles. The molecule has 0 spiro atoms. The van der Waals surface area contributed by atoms with Crippen molar-refractivity contribution in [1.82, 2.24) is 15.3 Å². The molecule has 0 bridgehead atoms. The van der Waals surface area contributed by atoms with Crippen LogP contribution in [0.3, 0.4) is 0 Å². The highest BCUT2D eigenvalue weighted by molar-refractivity contribution is 6.35. The first-order valence-electron chi connectivity index (χ1n) is 7.69. The number of benzene rings is 1. The van der Waals surface area contributed by atoms with E-state index in [1.165, 1.54) is 0 Å². The maximum absolute atomic E-state index is 12.1. The van der Waals surface area contributed by atoms with Crippen molar-refractivity contribution in [2.24, 2.45) is 0 Å². The van der Waals surface area contributed by atoms with Gasteiger partial charge in [0.2, 0.25) is 0 Å². The highest BCUT2D eigenvalue weighted by atomic mass is 35.5. The Labute approximate surface area is 151 Å². The number of carbonyl (C=O) groups is 1. The maximum Gasteiger partial charge on any atom is 0.270 e. The number of aromatic nitrogens is 2. The van der Waals surface area contributed by atoms with E-state index >= 15 is 0 Å². The van der Waals surface area contributed by atoms with Crippen molar-refractivity contribution in [3.05, 3.63) is 51.4 Å². The van der Waals surface area contributed by atoms with Gasteiger partial charge in [-0.3, -0.25) is 4.79 Å². The largest absolute Gasteiger partial charge is 0.370 e. The van der Waals surface area contributed by atoms with Crippen LogP contribution in [0.4, 0.5) is 5.82 Å². The van der Waals surface area contributed by atoms with Crippen LogP contribution in [0, 0.1) is 6.92 Å². The van der Waals surface area contributed by atoms with Gasteiger partial charge in [-0.15, -0.1) is 0 Å². The summed E-state index contributed by atoms with van der Waals surface area (Å²) in [6.45, 7) is 6.19. The predicted molar refractivity (Wildman–Crippen MR) is 98.0 cm³/mol. The molecule has 24 heavy (non-hydrogen) atoms. The van der Waals surface area contributed by atoms with Crippen LogP contribution >= 0.6 is 23.2 Å². The zero-order valence-electron chi connectivity index (χ0n) is 13.9. The smallest absolute Gasteiger partial charge is 0.270 e. The molecule has 128 valence electrons. The summed E-state index contributed by atoms with van der Waals surface area (Å²) >= 11 is 12.1. The second kappa shape index (κ2) is 8.31. The molecule has 0 aliphatic carbocycles. The highest BCUT2D eigenvalue weighted by Crippen LogP contribution is 2.21. The van der Waals surface area contributed by atoms with Crippen molar-refractivity contribution in [2.45, 2.75) is 33.2 Å². The molecule has 1 heterocycles. The van der Waals surface area contributed by atoms with E-state index in [1.54, 1.807) is 19.1 Å². The van der Waals surface area contributed by atoms with E-state index in [0.717, 1.165) is 5.56 Å². The number of rotatable bonds is 6. The van der Waals surface area contributed by atoms with Crippen LogP contribution in [-0.4, -0.2) is 28.5 Å². The van der Waals surface area contributed by atoms with E-state index in [4.69, 9.17) is 23.2 Å². The van der Waals surface area contributed by atoms with Crippen molar-refractivity contribution in [3.8, 4) is 0 Å². The van der Waals surface area contributed by atoms with Crippen LogP contribution in [0.5, 0.6) is 0 Å². The average Bonchev–Trinajstić information content (AvgIpc) is 2.48. The third kappa shape index (κ3) is 5.35. The Balaban J connectivity index is 2.02. The first-order valence-corrected chi connectivity index (χ1v) is 8.45. The number of carbonyl (C=O) groups excluding carboxylic acids is 1. The number of anilines is 1. The lowest BCUT2D eigenvalue weighted by Gasteiger charge is -2.11. The van der Waals surface area contributed by atoms with Gasteiger partial charge in [0.15, 0.2) is 0 Å². The van der Waals surface area contributed by atoms with Gasteiger partial charge < -0.3 is 10.6 Å². The van der Waals surface area contributed by atoms with E-state index in [2.05, 4.69) is 20.6 Å². The van der Waals surface area contributed by atoms with Crippen molar-refractivity contribution < 1.29 is 4.79 Å². The molecule has 0 aliphatic rings. The molecule has 5 nitrogen and oxygen atoms in total. The summed E-state index contributed by atoms with van der Waals surface area (Å²) in [5.74, 6) is 0.944. The molecular formula is C17H20Cl2N4O. The Kier molecular flexibility index (Phi) is 6.40. The van der Waals surface area contributed by atoms with Gasteiger partial charge in [-0.25, -0.2) is 9.97 Å². The Morgan fingerprint density at radius 2 is 1.96 bits per heavy atom. The summed E-state index contributed by atoms with van der Waals surface area (Å²) < 4.78 is 0. The molecule has 1 aromatic heterocycles. The number of nitrogens with one attached hydrogen (secondary N) is 2. The number of amides is 1. The summed E-state index contributed by atoms with van der Waals surface area (Å²) in [5.41, 5.74) is 1.35. The molecule has 1 aromatic carbocycles. The monoisotopic (exact) mass is 366 g/mol. The number of nitrogens with zero attached hydrogens (tertiary/aromatic N) is 2. The summed E-state index contributed by atoms with van der Waals surface area (Å²) in [5, 5.41) is 7.28. The molecule has 2 aromatic rings. The van der Waals surface area contributed by atoms with Crippen LogP contribution in [0.2, 0.25) is 10.0 Å². The molecule has 7 heteroatoms. The number of hydrogen-bond donors (Lipinski definition) is 2. The van der Waals surface area contributed by atoms with Gasteiger partial charge >= 0.3 is 0 Å². The molecule has 2 N–H and O–H groups in total. The Bertz CT molecular complexity index is 735. The van der Waals surface area contributed by atoms with E-state index in [1.807, 2.05) is 26.0 Å². The van der Waals surface area contributed by atoms with E-state index in [9.17, 15) is 4.79 Å². The van der Waals surface area contributed by atoms with Crippen molar-refractivity contribution >= 4 is 34.9 Å². The highest BCUT2D eigenvalue weighted by Gasteiger charge is 2.11. The second-order valence-corrected chi connectivity index (χ2v) is 6.57. The Hall–Kier alpha value is -1.85. The minimum absolute atomic E-state index is 0.0521. The first-order chi connectivity index (χ1) is 11.3. The lowest BCUT2D eigenvalue weighted by atomic mass is 10.1. The molecule has 0 atom stereocenters. The van der Waals surface area contributed by atoms with Crippen molar-refractivity contribution in [3.63, 3.8) is 0 Å². The van der Waals surface area contributed by atoms with E-state index in [-0.39, 0.29) is 11.9 Å². The molecule has 0 radical (unpaired) electrons. The summed E-state index contributed by atoms with van der Waals surface area (Å²) in [7, 11) is 0. The van der Waals surface area contributed by atoms with Gasteiger partial charge in [-0.2, -0.15) is 0 Å². The minimum Gasteiger partial charge on any atom is -0.370 e. The van der Waals surface area contributed by atoms with Gasteiger partial charge in [0, 0.05) is 28.7 Å². The fourth-order valence-electron chi connectivity index (χ4n) is 2.16. The van der Waals surface area contributed by atoms with Crippen LogP contribution < -0.4 is 10.6 Å². The lowest BCUT2D eigenvalue weighted by molar-refractivity contribution is 0.0937. The van der Waals surface area contributed by atoms with Gasteiger partial charge in [-0.05, 0) is 44.9 Å². The topological polar surface area (TPSA) is 66.9 Å². The third-order valence-corrected chi connectivity index (χ3v) is 3.79. The van der Waals surface area contributed by atoms with E-state index < -0.39 is 0 Å². The quantitative estimate of drug-likeness (QED) is 0.813. The van der Waals surface area contributed by atoms with Gasteiger partial charge in [-0.1, -0.05) is 29.3 Å². The van der Waals surface area contributed by atoms with Crippen molar-refractivity contribution in [1.29, 1.82) is 0 Å². The first kappa shape index (κ1) is 18.5. The lowest BCUT2D eigenvalue weighted by Crippen LogP contribution is -2.31. The summed E-state index contributed by atoms with van der Waals surface area (Å²) in [6, 6.07) is 7.14. The van der Waals surface area contributed by atoms with Crippen LogP contribution in [0.1, 0.15) is 35.7 Å². The zero-order chi connectivity index (χ0) is 17.7. The molecular weight excluding hydrogens is 347 g/mol. The van der Waals surface area contributed by atoms with Crippen molar-refractivity contribution in [2.75, 3.05) is 11.9 Å². The van der Waals surface area contributed by atoms with Crippen LogP contribution in [-0.2, 0) is 6.42 Å². The predicted octanol–water partition coefficient (Wildman–Crippen LogP) is 3.88. The zero-order valence-corrected chi connectivity index (χ0v) is 15.4. The Morgan fingerprint density at radius 1 is 1.21 bits per heavy atom. The molecule has 0 saturated carbocycles.